The highest BCUT2D eigenvalue weighted by Crippen LogP contribution is 2.28. The summed E-state index contributed by atoms with van der Waals surface area (Å²) < 4.78 is 5.53. The van der Waals surface area contributed by atoms with Gasteiger partial charge in [-0.05, 0) is 31.8 Å². The molecule has 1 aromatic rings. The van der Waals surface area contributed by atoms with E-state index in [-0.39, 0.29) is 0 Å². The van der Waals surface area contributed by atoms with Gasteiger partial charge in [-0.25, -0.2) is 4.98 Å². The van der Waals surface area contributed by atoms with Gasteiger partial charge in [-0.15, -0.1) is 0 Å². The number of ether oxygens (including phenoxy) is 1. The standard InChI is InChI=1S/C13H24N4OS/c1-5-7-18-13-11(14)12(15-9-16-13)17(3)10(2)6-8-19-4/h9-10H,5-8,14H2,1-4H3. The van der Waals surface area contributed by atoms with Gasteiger partial charge in [0.1, 0.15) is 12.0 Å². The lowest BCUT2D eigenvalue weighted by Gasteiger charge is -2.27. The molecular weight excluding hydrogens is 260 g/mol. The molecule has 5 nitrogen and oxygen atoms in total. The van der Waals surface area contributed by atoms with E-state index in [1.54, 1.807) is 0 Å². The van der Waals surface area contributed by atoms with Crippen LogP contribution in [0.15, 0.2) is 6.33 Å². The van der Waals surface area contributed by atoms with E-state index in [2.05, 4.69) is 35.0 Å². The van der Waals surface area contributed by atoms with Crippen LogP contribution in [0.4, 0.5) is 11.5 Å². The molecule has 6 heteroatoms. The number of thioether (sulfide) groups is 1. The molecule has 0 aliphatic heterocycles. The Bertz CT molecular complexity index is 389. The monoisotopic (exact) mass is 284 g/mol. The van der Waals surface area contributed by atoms with Crippen molar-refractivity contribution in [3.05, 3.63) is 6.33 Å². The highest BCUT2D eigenvalue weighted by Gasteiger charge is 2.17. The minimum atomic E-state index is 0.378. The van der Waals surface area contributed by atoms with Crippen LogP contribution < -0.4 is 15.4 Å². The molecule has 0 amide bonds. The van der Waals surface area contributed by atoms with Crippen LogP contribution >= 0.6 is 11.8 Å². The highest BCUT2D eigenvalue weighted by molar-refractivity contribution is 7.98. The molecule has 0 aliphatic carbocycles. The molecule has 0 spiro atoms. The first-order valence-corrected chi connectivity index (χ1v) is 7.96. The Morgan fingerprint density at radius 1 is 1.47 bits per heavy atom. The maximum atomic E-state index is 6.09. The van der Waals surface area contributed by atoms with Gasteiger partial charge in [-0.2, -0.15) is 16.7 Å². The lowest BCUT2D eigenvalue weighted by molar-refractivity contribution is 0.306. The van der Waals surface area contributed by atoms with Gasteiger partial charge in [0.15, 0.2) is 5.82 Å². The van der Waals surface area contributed by atoms with Crippen molar-refractivity contribution >= 4 is 23.3 Å². The maximum Gasteiger partial charge on any atom is 0.242 e. The van der Waals surface area contributed by atoms with E-state index in [1.807, 2.05) is 18.8 Å². The second-order valence-electron chi connectivity index (χ2n) is 4.51. The van der Waals surface area contributed by atoms with Gasteiger partial charge in [0.2, 0.25) is 5.88 Å². The number of hydrogen-bond donors (Lipinski definition) is 1. The molecule has 0 saturated carbocycles. The SMILES string of the molecule is CCCOc1ncnc(N(C)C(C)CCSC)c1N. The predicted octanol–water partition coefficient (Wildman–Crippen LogP) is 2.43. The molecule has 2 N–H and O–H groups in total. The molecule has 1 unspecified atom stereocenters. The number of nitrogens with two attached hydrogens (primary N) is 1. The molecule has 1 atom stereocenters. The Kier molecular flexibility index (Phi) is 6.77. The largest absolute Gasteiger partial charge is 0.476 e. The summed E-state index contributed by atoms with van der Waals surface area (Å²) in [6.07, 6.45) is 5.64. The minimum absolute atomic E-state index is 0.378. The normalized spacial score (nSPS) is 12.2. The summed E-state index contributed by atoms with van der Waals surface area (Å²) in [4.78, 5) is 10.5. The van der Waals surface area contributed by atoms with Crippen molar-refractivity contribution in [1.29, 1.82) is 0 Å². The van der Waals surface area contributed by atoms with E-state index in [0.717, 1.165) is 24.4 Å². The van der Waals surface area contributed by atoms with Gasteiger partial charge in [-0.1, -0.05) is 6.92 Å². The van der Waals surface area contributed by atoms with E-state index in [1.165, 1.54) is 6.33 Å². The predicted molar refractivity (Wildman–Crippen MR) is 83.1 cm³/mol. The zero-order valence-corrected chi connectivity index (χ0v) is 13.0. The van der Waals surface area contributed by atoms with Crippen molar-refractivity contribution in [2.24, 2.45) is 0 Å². The van der Waals surface area contributed by atoms with Gasteiger partial charge >= 0.3 is 0 Å². The van der Waals surface area contributed by atoms with Crippen LogP contribution in [0.25, 0.3) is 0 Å². The van der Waals surface area contributed by atoms with Crippen LogP contribution in [-0.4, -0.2) is 41.7 Å². The Balaban J connectivity index is 2.81. The quantitative estimate of drug-likeness (QED) is 0.791. The molecule has 19 heavy (non-hydrogen) atoms. The third-order valence-electron chi connectivity index (χ3n) is 3.00. The summed E-state index contributed by atoms with van der Waals surface area (Å²) in [6, 6.07) is 0.378. The molecule has 0 bridgehead atoms. The molecule has 0 aromatic carbocycles. The first-order chi connectivity index (χ1) is 9.11. The first-order valence-electron chi connectivity index (χ1n) is 6.56. The Morgan fingerprint density at radius 3 is 2.84 bits per heavy atom. The van der Waals surface area contributed by atoms with Crippen molar-refractivity contribution in [2.75, 3.05) is 36.3 Å². The molecule has 0 aliphatic rings. The van der Waals surface area contributed by atoms with Crippen molar-refractivity contribution in [2.45, 2.75) is 32.7 Å². The number of nitrogens with zero attached hydrogens (tertiary/aromatic N) is 3. The van der Waals surface area contributed by atoms with E-state index < -0.39 is 0 Å². The molecule has 0 fully saturated rings. The summed E-state index contributed by atoms with van der Waals surface area (Å²) in [5, 5.41) is 0. The fourth-order valence-electron chi connectivity index (χ4n) is 1.66. The van der Waals surface area contributed by atoms with Gasteiger partial charge in [-0.3, -0.25) is 0 Å². The Labute approximate surface area is 119 Å². The number of rotatable bonds is 8. The summed E-state index contributed by atoms with van der Waals surface area (Å²) in [6.45, 7) is 4.84. The van der Waals surface area contributed by atoms with Crippen LogP contribution in [0.5, 0.6) is 5.88 Å². The topological polar surface area (TPSA) is 64.3 Å². The summed E-state index contributed by atoms with van der Waals surface area (Å²) >= 11 is 1.85. The summed E-state index contributed by atoms with van der Waals surface area (Å²) in [5.41, 5.74) is 6.62. The van der Waals surface area contributed by atoms with Crippen molar-refractivity contribution in [3.63, 3.8) is 0 Å². The number of hydrogen-bond acceptors (Lipinski definition) is 6. The van der Waals surface area contributed by atoms with Crippen molar-refractivity contribution in [1.82, 2.24) is 9.97 Å². The van der Waals surface area contributed by atoms with Crippen LogP contribution in [0.1, 0.15) is 26.7 Å². The lowest BCUT2D eigenvalue weighted by Crippen LogP contribution is -2.31. The smallest absolute Gasteiger partial charge is 0.242 e. The van der Waals surface area contributed by atoms with E-state index in [4.69, 9.17) is 10.5 Å². The summed E-state index contributed by atoms with van der Waals surface area (Å²) in [5.74, 6) is 2.35. The summed E-state index contributed by atoms with van der Waals surface area (Å²) in [7, 11) is 2.01. The zero-order chi connectivity index (χ0) is 14.3. The first kappa shape index (κ1) is 15.9. The molecule has 0 radical (unpaired) electrons. The second-order valence-corrected chi connectivity index (χ2v) is 5.49. The van der Waals surface area contributed by atoms with Gasteiger partial charge in [0.25, 0.3) is 0 Å². The second kappa shape index (κ2) is 8.09. The van der Waals surface area contributed by atoms with Gasteiger partial charge < -0.3 is 15.4 Å². The zero-order valence-electron chi connectivity index (χ0n) is 12.2. The van der Waals surface area contributed by atoms with E-state index in [0.29, 0.717) is 24.2 Å². The molecule has 108 valence electrons. The average molecular weight is 284 g/mol. The van der Waals surface area contributed by atoms with E-state index in [9.17, 15) is 0 Å². The van der Waals surface area contributed by atoms with Crippen LogP contribution in [-0.2, 0) is 0 Å². The van der Waals surface area contributed by atoms with Gasteiger partial charge in [0, 0.05) is 13.1 Å². The third-order valence-corrected chi connectivity index (χ3v) is 3.65. The fourth-order valence-corrected chi connectivity index (χ4v) is 2.23. The number of anilines is 2. The van der Waals surface area contributed by atoms with Crippen LogP contribution in [0.3, 0.4) is 0 Å². The third kappa shape index (κ3) is 4.45. The molecule has 1 rings (SSSR count). The molecule has 1 aromatic heterocycles. The highest BCUT2D eigenvalue weighted by atomic mass is 32.2. The molecule has 1 heterocycles. The van der Waals surface area contributed by atoms with Gasteiger partial charge in [0.05, 0.1) is 6.61 Å². The van der Waals surface area contributed by atoms with Crippen LogP contribution in [0.2, 0.25) is 0 Å². The fraction of sp³-hybridized carbons (Fsp3) is 0.692. The van der Waals surface area contributed by atoms with E-state index >= 15 is 0 Å². The lowest BCUT2D eigenvalue weighted by atomic mass is 10.2. The Hall–Kier alpha value is -1.17. The Morgan fingerprint density at radius 2 is 2.21 bits per heavy atom. The van der Waals surface area contributed by atoms with Crippen molar-refractivity contribution in [3.8, 4) is 5.88 Å². The van der Waals surface area contributed by atoms with Crippen LogP contribution in [0, 0.1) is 0 Å². The molecule has 0 saturated heterocycles. The molecular formula is C13H24N4OS. The number of nitrogen functional groups attached to an aromatic ring is 1. The minimum Gasteiger partial charge on any atom is -0.476 e. The maximum absolute atomic E-state index is 6.09. The average Bonchev–Trinajstić information content (AvgIpc) is 2.43. The van der Waals surface area contributed by atoms with Crippen molar-refractivity contribution < 1.29 is 4.74 Å². The number of aromatic nitrogens is 2.